The summed E-state index contributed by atoms with van der Waals surface area (Å²) >= 11 is 0. The van der Waals surface area contributed by atoms with Gasteiger partial charge in [-0.2, -0.15) is 0 Å². The van der Waals surface area contributed by atoms with Gasteiger partial charge in [0.05, 0.1) is 25.7 Å². The molecule has 1 N–H and O–H groups in total. The van der Waals surface area contributed by atoms with Gasteiger partial charge in [0.15, 0.2) is 0 Å². The lowest BCUT2D eigenvalue weighted by Gasteiger charge is -2.35. The van der Waals surface area contributed by atoms with Crippen LogP contribution in [0.25, 0.3) is 0 Å². The molecular weight excluding hydrogens is 380 g/mol. The van der Waals surface area contributed by atoms with Crippen molar-refractivity contribution in [1.82, 2.24) is 0 Å². The fourth-order valence-corrected chi connectivity index (χ4v) is 4.38. The summed E-state index contributed by atoms with van der Waals surface area (Å²) in [7, 11) is 1.65. The van der Waals surface area contributed by atoms with Crippen LogP contribution in [0.3, 0.4) is 0 Å². The van der Waals surface area contributed by atoms with E-state index in [1.54, 1.807) is 7.11 Å². The van der Waals surface area contributed by atoms with Gasteiger partial charge in [0.1, 0.15) is 17.2 Å². The Labute approximate surface area is 178 Å². The van der Waals surface area contributed by atoms with Crippen LogP contribution < -0.4 is 14.2 Å². The minimum Gasteiger partial charge on any atom is -0.497 e. The molecule has 2 fully saturated rings. The van der Waals surface area contributed by atoms with Gasteiger partial charge in [-0.05, 0) is 73.3 Å². The molecule has 2 saturated carbocycles. The number of hydrogen-bond donors (Lipinski definition) is 1. The molecule has 2 aliphatic carbocycles. The van der Waals surface area contributed by atoms with Crippen molar-refractivity contribution in [2.24, 2.45) is 17.8 Å². The second kappa shape index (κ2) is 8.99. The number of carbonyl (C=O) groups is 1. The fraction of sp³-hybridized carbons (Fsp3) is 0.480. The number of hydrogen-bond acceptors (Lipinski definition) is 4. The summed E-state index contributed by atoms with van der Waals surface area (Å²) in [6, 6.07) is 15.7. The zero-order valence-electron chi connectivity index (χ0n) is 17.6. The molecule has 2 aromatic rings. The lowest BCUT2D eigenvalue weighted by molar-refractivity contribution is -0.142. The molecule has 2 atom stereocenters. The van der Waals surface area contributed by atoms with Gasteiger partial charge in [-0.15, -0.1) is 0 Å². The van der Waals surface area contributed by atoms with Gasteiger partial charge in [0, 0.05) is 6.07 Å². The monoisotopic (exact) mass is 410 g/mol. The van der Waals surface area contributed by atoms with Crippen LogP contribution in [0, 0.1) is 17.8 Å². The zero-order chi connectivity index (χ0) is 21.1. The molecule has 0 amide bonds. The second-order valence-corrected chi connectivity index (χ2v) is 8.63. The van der Waals surface area contributed by atoms with E-state index in [9.17, 15) is 9.90 Å². The van der Waals surface area contributed by atoms with Crippen molar-refractivity contribution in [3.8, 4) is 17.2 Å². The third-order valence-corrected chi connectivity index (χ3v) is 6.32. The summed E-state index contributed by atoms with van der Waals surface area (Å²) in [6.07, 6.45) is 4.39. The van der Waals surface area contributed by atoms with Crippen LogP contribution >= 0.6 is 0 Å². The molecule has 160 valence electrons. The smallest absolute Gasteiger partial charge is 0.306 e. The van der Waals surface area contributed by atoms with Crippen LogP contribution in [0.2, 0.25) is 0 Å². The molecule has 4 rings (SSSR count). The third-order valence-electron chi connectivity index (χ3n) is 6.32. The fourth-order valence-electron chi connectivity index (χ4n) is 4.38. The Morgan fingerprint density at radius 2 is 1.77 bits per heavy atom. The lowest BCUT2D eigenvalue weighted by Crippen LogP contribution is -2.37. The molecule has 0 spiro atoms. The van der Waals surface area contributed by atoms with E-state index in [0.717, 1.165) is 48.5 Å². The second-order valence-electron chi connectivity index (χ2n) is 8.63. The van der Waals surface area contributed by atoms with Crippen molar-refractivity contribution in [1.29, 1.82) is 0 Å². The quantitative estimate of drug-likeness (QED) is 0.587. The van der Waals surface area contributed by atoms with E-state index in [1.165, 1.54) is 0 Å². The van der Waals surface area contributed by atoms with Crippen LogP contribution in [-0.2, 0) is 4.79 Å². The Hall–Kier alpha value is -2.69. The highest BCUT2D eigenvalue weighted by molar-refractivity contribution is 5.71. The standard InChI is InChI=1S/C25H30O5/c1-16(25(26)27)24(18-9-10-18)19-5-3-7-21(13-19)29-15-17-11-23(12-17)30-22-8-4-6-20(14-22)28-2/h3-8,13-14,16-18,23-24H,9-12,15H2,1-2H3,(H,26,27)/t16-,17?,23?,24-/m0/s1. The van der Waals surface area contributed by atoms with Gasteiger partial charge in [0.2, 0.25) is 0 Å². The van der Waals surface area contributed by atoms with Crippen molar-refractivity contribution in [3.05, 3.63) is 54.1 Å². The topological polar surface area (TPSA) is 65.0 Å². The summed E-state index contributed by atoms with van der Waals surface area (Å²) in [5.41, 5.74) is 1.08. The van der Waals surface area contributed by atoms with E-state index in [-0.39, 0.29) is 17.9 Å². The molecule has 2 aromatic carbocycles. The summed E-state index contributed by atoms with van der Waals surface area (Å²) in [4.78, 5) is 11.5. The van der Waals surface area contributed by atoms with Crippen molar-refractivity contribution >= 4 is 5.97 Å². The van der Waals surface area contributed by atoms with Gasteiger partial charge in [-0.1, -0.05) is 25.1 Å². The number of aliphatic carboxylic acids is 1. The van der Waals surface area contributed by atoms with Crippen molar-refractivity contribution in [2.75, 3.05) is 13.7 Å². The molecule has 0 bridgehead atoms. The Balaban J connectivity index is 1.28. The Bertz CT molecular complexity index is 869. The lowest BCUT2D eigenvalue weighted by atomic mass is 9.82. The van der Waals surface area contributed by atoms with Crippen LogP contribution in [0.5, 0.6) is 17.2 Å². The summed E-state index contributed by atoms with van der Waals surface area (Å²) in [5.74, 6) is 2.37. The van der Waals surface area contributed by atoms with Gasteiger partial charge in [-0.3, -0.25) is 4.79 Å². The van der Waals surface area contributed by atoms with Crippen molar-refractivity contribution < 1.29 is 24.1 Å². The Morgan fingerprint density at radius 1 is 1.07 bits per heavy atom. The molecule has 0 radical (unpaired) electrons. The predicted octanol–water partition coefficient (Wildman–Crippen LogP) is 5.15. The molecule has 0 saturated heterocycles. The minimum atomic E-state index is -0.727. The molecule has 0 heterocycles. The highest BCUT2D eigenvalue weighted by Crippen LogP contribution is 2.47. The molecule has 0 aliphatic heterocycles. The highest BCUT2D eigenvalue weighted by atomic mass is 16.5. The maximum atomic E-state index is 11.5. The number of ether oxygens (including phenoxy) is 3. The summed E-state index contributed by atoms with van der Waals surface area (Å²) in [5, 5.41) is 9.49. The number of carboxylic acid groups (broad SMARTS) is 1. The first-order valence-electron chi connectivity index (χ1n) is 10.8. The van der Waals surface area contributed by atoms with Gasteiger partial charge in [0.25, 0.3) is 0 Å². The average Bonchev–Trinajstić information content (AvgIpc) is 3.55. The van der Waals surface area contributed by atoms with Crippen molar-refractivity contribution in [2.45, 2.75) is 44.6 Å². The highest BCUT2D eigenvalue weighted by Gasteiger charge is 2.38. The summed E-state index contributed by atoms with van der Waals surface area (Å²) < 4.78 is 17.3. The predicted molar refractivity (Wildman–Crippen MR) is 114 cm³/mol. The van der Waals surface area contributed by atoms with E-state index < -0.39 is 5.97 Å². The van der Waals surface area contributed by atoms with E-state index in [2.05, 4.69) is 0 Å². The maximum Gasteiger partial charge on any atom is 0.306 e. The molecule has 5 nitrogen and oxygen atoms in total. The van der Waals surface area contributed by atoms with E-state index in [1.807, 2.05) is 55.5 Å². The molecule has 5 heteroatoms. The first-order chi connectivity index (χ1) is 14.5. The first kappa shape index (κ1) is 20.6. The molecular formula is C25H30O5. The summed E-state index contributed by atoms with van der Waals surface area (Å²) in [6.45, 7) is 2.47. The largest absolute Gasteiger partial charge is 0.497 e. The number of benzene rings is 2. The Kier molecular flexibility index (Phi) is 6.16. The molecule has 0 unspecified atom stereocenters. The molecule has 0 aromatic heterocycles. The van der Waals surface area contributed by atoms with Crippen LogP contribution in [0.1, 0.15) is 44.1 Å². The number of rotatable bonds is 10. The van der Waals surface area contributed by atoms with Crippen LogP contribution in [0.15, 0.2) is 48.5 Å². The first-order valence-corrected chi connectivity index (χ1v) is 10.8. The molecule has 30 heavy (non-hydrogen) atoms. The van der Waals surface area contributed by atoms with Crippen LogP contribution in [-0.4, -0.2) is 30.9 Å². The number of carboxylic acids is 1. The average molecular weight is 411 g/mol. The SMILES string of the molecule is COc1cccc(OC2CC(COc3cccc([C@H](C4CC4)[C@H](C)C(=O)O)c3)C2)c1. The van der Waals surface area contributed by atoms with Gasteiger partial charge in [-0.25, -0.2) is 0 Å². The van der Waals surface area contributed by atoms with E-state index in [4.69, 9.17) is 14.2 Å². The van der Waals surface area contributed by atoms with E-state index in [0.29, 0.717) is 18.4 Å². The normalized spacial score (nSPS) is 22.5. The van der Waals surface area contributed by atoms with Gasteiger partial charge >= 0.3 is 5.97 Å². The van der Waals surface area contributed by atoms with Crippen LogP contribution in [0.4, 0.5) is 0 Å². The third kappa shape index (κ3) is 4.89. The number of methoxy groups -OCH3 is 1. The maximum absolute atomic E-state index is 11.5. The minimum absolute atomic E-state index is 0.0652. The Morgan fingerprint density at radius 3 is 2.47 bits per heavy atom. The van der Waals surface area contributed by atoms with E-state index >= 15 is 0 Å². The van der Waals surface area contributed by atoms with Crippen molar-refractivity contribution in [3.63, 3.8) is 0 Å². The van der Waals surface area contributed by atoms with Gasteiger partial charge < -0.3 is 19.3 Å². The zero-order valence-corrected chi connectivity index (χ0v) is 17.6. The molecule has 2 aliphatic rings.